The number of benzene rings is 1. The minimum absolute atomic E-state index is 0.0391. The average Bonchev–Trinajstić information content (AvgIpc) is 3.28. The largest absolute Gasteiger partial charge is 0.356 e. The molecule has 0 aromatic heterocycles. The van der Waals surface area contributed by atoms with Crippen molar-refractivity contribution in [2.45, 2.75) is 64.3 Å². The molecule has 2 fully saturated rings. The third-order valence-electron chi connectivity index (χ3n) is 5.99. The highest BCUT2D eigenvalue weighted by molar-refractivity contribution is 5.92. The quantitative estimate of drug-likeness (QED) is 0.494. The summed E-state index contributed by atoms with van der Waals surface area (Å²) < 4.78 is 0. The first-order valence-corrected chi connectivity index (χ1v) is 11.6. The number of anilines is 2. The highest BCUT2D eigenvalue weighted by Crippen LogP contribution is 2.20. The van der Waals surface area contributed by atoms with Crippen molar-refractivity contribution in [3.63, 3.8) is 0 Å². The molecule has 4 N–H and O–H groups in total. The van der Waals surface area contributed by atoms with Crippen molar-refractivity contribution in [1.82, 2.24) is 15.5 Å². The fourth-order valence-corrected chi connectivity index (χ4v) is 4.17. The zero-order valence-electron chi connectivity index (χ0n) is 18.4. The molecule has 170 valence electrons. The van der Waals surface area contributed by atoms with Crippen LogP contribution in [-0.2, 0) is 4.79 Å². The van der Waals surface area contributed by atoms with E-state index in [1.54, 1.807) is 29.2 Å². The molecule has 5 amide bonds. The molecule has 0 spiro atoms. The summed E-state index contributed by atoms with van der Waals surface area (Å²) in [5.74, 6) is -0.112. The molecule has 1 saturated heterocycles. The van der Waals surface area contributed by atoms with Gasteiger partial charge in [0.2, 0.25) is 5.91 Å². The van der Waals surface area contributed by atoms with Crippen LogP contribution in [-0.4, -0.2) is 48.5 Å². The average molecular weight is 430 g/mol. The zero-order chi connectivity index (χ0) is 22.1. The van der Waals surface area contributed by atoms with E-state index in [0.717, 1.165) is 38.5 Å². The van der Waals surface area contributed by atoms with Gasteiger partial charge in [-0.25, -0.2) is 9.59 Å². The summed E-state index contributed by atoms with van der Waals surface area (Å²) in [6.07, 6.45) is 8.05. The summed E-state index contributed by atoms with van der Waals surface area (Å²) in [4.78, 5) is 38.8. The number of hydrogen-bond acceptors (Lipinski definition) is 3. The molecule has 1 aromatic carbocycles. The maximum absolute atomic E-state index is 12.7. The van der Waals surface area contributed by atoms with Gasteiger partial charge < -0.3 is 26.2 Å². The number of unbranched alkanes of at least 4 members (excludes halogenated alkanes) is 1. The summed E-state index contributed by atoms with van der Waals surface area (Å²) in [6, 6.07) is 6.93. The molecule has 1 saturated carbocycles. The SMILES string of the molecule is CCCCNC(=O)[C@H]1CCCN(C(=O)Nc2ccc(NC(=O)NC3CCCC3)cc2)C1. The first-order valence-electron chi connectivity index (χ1n) is 11.6. The van der Waals surface area contributed by atoms with E-state index in [9.17, 15) is 14.4 Å². The monoisotopic (exact) mass is 429 g/mol. The summed E-state index contributed by atoms with van der Waals surface area (Å²) in [5.41, 5.74) is 1.33. The minimum atomic E-state index is -0.203. The Balaban J connectivity index is 1.45. The van der Waals surface area contributed by atoms with Crippen molar-refractivity contribution < 1.29 is 14.4 Å². The zero-order valence-corrected chi connectivity index (χ0v) is 18.4. The lowest BCUT2D eigenvalue weighted by Crippen LogP contribution is -2.47. The fraction of sp³-hybridized carbons (Fsp3) is 0.609. The second-order valence-corrected chi connectivity index (χ2v) is 8.52. The van der Waals surface area contributed by atoms with E-state index >= 15 is 0 Å². The van der Waals surface area contributed by atoms with Crippen LogP contribution in [0.5, 0.6) is 0 Å². The molecule has 0 bridgehead atoms. The van der Waals surface area contributed by atoms with Gasteiger partial charge in [-0.3, -0.25) is 4.79 Å². The van der Waals surface area contributed by atoms with Crippen molar-refractivity contribution in [2.24, 2.45) is 5.92 Å². The number of likely N-dealkylation sites (tertiary alicyclic amines) is 1. The Morgan fingerprint density at radius 1 is 0.968 bits per heavy atom. The summed E-state index contributed by atoms with van der Waals surface area (Å²) >= 11 is 0. The van der Waals surface area contributed by atoms with Crippen LogP contribution in [0.2, 0.25) is 0 Å². The Hall–Kier alpha value is -2.77. The van der Waals surface area contributed by atoms with Crippen LogP contribution < -0.4 is 21.3 Å². The molecule has 1 aliphatic heterocycles. The van der Waals surface area contributed by atoms with E-state index in [1.165, 1.54) is 12.8 Å². The number of amides is 5. The van der Waals surface area contributed by atoms with E-state index in [4.69, 9.17) is 0 Å². The molecule has 3 rings (SSSR count). The Morgan fingerprint density at radius 3 is 2.32 bits per heavy atom. The van der Waals surface area contributed by atoms with Crippen molar-refractivity contribution in [3.8, 4) is 0 Å². The van der Waals surface area contributed by atoms with E-state index in [1.807, 2.05) is 0 Å². The number of nitrogens with one attached hydrogen (secondary N) is 4. The molecule has 1 atom stereocenters. The first-order chi connectivity index (χ1) is 15.0. The predicted octanol–water partition coefficient (Wildman–Crippen LogP) is 3.91. The van der Waals surface area contributed by atoms with Gasteiger partial charge in [-0.05, 0) is 56.4 Å². The molecular formula is C23H35N5O3. The van der Waals surface area contributed by atoms with Gasteiger partial charge in [0.1, 0.15) is 0 Å². The smallest absolute Gasteiger partial charge is 0.321 e. The van der Waals surface area contributed by atoms with Gasteiger partial charge in [-0.1, -0.05) is 26.2 Å². The van der Waals surface area contributed by atoms with Gasteiger partial charge in [-0.15, -0.1) is 0 Å². The normalized spacial score (nSPS) is 19.0. The van der Waals surface area contributed by atoms with Crippen LogP contribution in [0.25, 0.3) is 0 Å². The van der Waals surface area contributed by atoms with Gasteiger partial charge in [-0.2, -0.15) is 0 Å². The molecule has 31 heavy (non-hydrogen) atoms. The number of piperidine rings is 1. The topological polar surface area (TPSA) is 103 Å². The Bertz CT molecular complexity index is 746. The van der Waals surface area contributed by atoms with Crippen LogP contribution in [0.15, 0.2) is 24.3 Å². The molecule has 2 aliphatic rings. The second kappa shape index (κ2) is 11.6. The Morgan fingerprint density at radius 2 is 1.65 bits per heavy atom. The van der Waals surface area contributed by atoms with Crippen molar-refractivity contribution in [3.05, 3.63) is 24.3 Å². The van der Waals surface area contributed by atoms with Crippen LogP contribution >= 0.6 is 0 Å². The van der Waals surface area contributed by atoms with Crippen molar-refractivity contribution in [2.75, 3.05) is 30.3 Å². The van der Waals surface area contributed by atoms with Gasteiger partial charge in [0.05, 0.1) is 5.92 Å². The molecule has 1 aliphatic carbocycles. The Kier molecular flexibility index (Phi) is 8.55. The summed E-state index contributed by atoms with van der Waals surface area (Å²) in [5, 5.41) is 11.7. The van der Waals surface area contributed by atoms with E-state index in [-0.39, 0.29) is 29.9 Å². The highest BCUT2D eigenvalue weighted by Gasteiger charge is 2.28. The van der Waals surface area contributed by atoms with Crippen LogP contribution in [0, 0.1) is 5.92 Å². The number of nitrogens with zero attached hydrogens (tertiary/aromatic N) is 1. The minimum Gasteiger partial charge on any atom is -0.356 e. The van der Waals surface area contributed by atoms with Gasteiger partial charge >= 0.3 is 12.1 Å². The van der Waals surface area contributed by atoms with Crippen molar-refractivity contribution >= 4 is 29.3 Å². The molecule has 8 nitrogen and oxygen atoms in total. The summed E-state index contributed by atoms with van der Waals surface area (Å²) in [7, 11) is 0. The number of carbonyl (C=O) groups is 3. The lowest BCUT2D eigenvalue weighted by molar-refractivity contribution is -0.126. The number of hydrogen-bond donors (Lipinski definition) is 4. The van der Waals surface area contributed by atoms with Gasteiger partial charge in [0.25, 0.3) is 0 Å². The van der Waals surface area contributed by atoms with Crippen molar-refractivity contribution in [1.29, 1.82) is 0 Å². The first kappa shape index (κ1) is 22.9. The lowest BCUT2D eigenvalue weighted by atomic mass is 9.97. The fourth-order valence-electron chi connectivity index (χ4n) is 4.17. The number of urea groups is 2. The number of rotatable bonds is 7. The maximum Gasteiger partial charge on any atom is 0.321 e. The summed E-state index contributed by atoms with van der Waals surface area (Å²) in [6.45, 7) is 3.86. The molecular weight excluding hydrogens is 394 g/mol. The lowest BCUT2D eigenvalue weighted by Gasteiger charge is -2.32. The molecule has 0 unspecified atom stereocenters. The van der Waals surface area contributed by atoms with Crippen LogP contribution in [0.1, 0.15) is 58.3 Å². The molecule has 1 aromatic rings. The van der Waals surface area contributed by atoms with E-state index in [2.05, 4.69) is 28.2 Å². The third kappa shape index (κ3) is 7.15. The highest BCUT2D eigenvalue weighted by atomic mass is 16.2. The van der Waals surface area contributed by atoms with Gasteiger partial charge in [0, 0.05) is 37.1 Å². The standard InChI is InChI=1S/C23H35N5O3/c1-2-3-14-24-21(29)17-7-6-15-28(16-17)23(31)27-20-12-10-19(11-13-20)26-22(30)25-18-8-4-5-9-18/h10-13,17-18H,2-9,14-16H2,1H3,(H,24,29)(H,27,31)(H2,25,26,30)/t17-/m0/s1. The van der Waals surface area contributed by atoms with Gasteiger partial charge in [0.15, 0.2) is 0 Å². The van der Waals surface area contributed by atoms with Crippen LogP contribution in [0.3, 0.4) is 0 Å². The molecule has 8 heteroatoms. The second-order valence-electron chi connectivity index (χ2n) is 8.52. The molecule has 0 radical (unpaired) electrons. The molecule has 1 heterocycles. The maximum atomic E-state index is 12.7. The third-order valence-corrected chi connectivity index (χ3v) is 5.99. The number of carbonyl (C=O) groups excluding carboxylic acids is 3. The van der Waals surface area contributed by atoms with E-state index < -0.39 is 0 Å². The van der Waals surface area contributed by atoms with Crippen LogP contribution in [0.4, 0.5) is 21.0 Å². The predicted molar refractivity (Wildman–Crippen MR) is 122 cm³/mol. The van der Waals surface area contributed by atoms with E-state index in [0.29, 0.717) is 31.0 Å². The Labute approximate surface area is 184 Å².